The number of aromatic nitrogens is 2. The van der Waals surface area contributed by atoms with Crippen molar-refractivity contribution in [3.8, 4) is 0 Å². The molecule has 0 aliphatic heterocycles. The fourth-order valence-electron chi connectivity index (χ4n) is 1.34. The van der Waals surface area contributed by atoms with Crippen molar-refractivity contribution >= 4 is 17.3 Å². The molecule has 7 nitrogen and oxygen atoms in total. The van der Waals surface area contributed by atoms with Crippen molar-refractivity contribution < 1.29 is 4.79 Å². The topological polar surface area (TPSA) is 121 Å². The number of rotatable bonds is 2. The molecule has 0 spiro atoms. The molecule has 0 aliphatic carbocycles. The zero-order chi connectivity index (χ0) is 13.1. The van der Waals surface area contributed by atoms with Crippen LogP contribution >= 0.6 is 0 Å². The third kappa shape index (κ3) is 2.46. The number of benzene rings is 1. The van der Waals surface area contributed by atoms with Crippen LogP contribution in [-0.4, -0.2) is 15.9 Å². The molecule has 7 heteroatoms. The van der Waals surface area contributed by atoms with Gasteiger partial charge in [0.25, 0.3) is 11.5 Å². The quantitative estimate of drug-likeness (QED) is 0.553. The summed E-state index contributed by atoms with van der Waals surface area (Å²) in [5, 5.41) is 2.51. The van der Waals surface area contributed by atoms with E-state index in [1.54, 1.807) is 24.3 Å². The SMILES string of the molecule is Nc1ccc(NC(=O)c2c[nH]c(=O)[nH]c2=O)cc1. The van der Waals surface area contributed by atoms with Crippen LogP contribution < -0.4 is 22.3 Å². The number of nitrogen functional groups attached to an aromatic ring is 1. The molecule has 0 unspecified atom stereocenters. The Morgan fingerprint density at radius 2 is 1.83 bits per heavy atom. The largest absolute Gasteiger partial charge is 0.399 e. The first-order valence-corrected chi connectivity index (χ1v) is 5.05. The number of aromatic amines is 2. The van der Waals surface area contributed by atoms with Gasteiger partial charge in [-0.25, -0.2) is 4.79 Å². The van der Waals surface area contributed by atoms with Crippen LogP contribution in [0, 0.1) is 0 Å². The van der Waals surface area contributed by atoms with Crippen LogP contribution in [0.25, 0.3) is 0 Å². The lowest BCUT2D eigenvalue weighted by Gasteiger charge is -2.04. The van der Waals surface area contributed by atoms with Gasteiger partial charge in [-0.2, -0.15) is 0 Å². The van der Waals surface area contributed by atoms with Gasteiger partial charge in [0, 0.05) is 17.6 Å². The molecule has 18 heavy (non-hydrogen) atoms. The summed E-state index contributed by atoms with van der Waals surface area (Å²) >= 11 is 0. The van der Waals surface area contributed by atoms with Gasteiger partial charge in [0.05, 0.1) is 0 Å². The highest BCUT2D eigenvalue weighted by molar-refractivity contribution is 6.03. The van der Waals surface area contributed by atoms with Gasteiger partial charge in [-0.3, -0.25) is 14.6 Å². The second-order valence-electron chi connectivity index (χ2n) is 3.56. The number of hydrogen-bond donors (Lipinski definition) is 4. The molecule has 92 valence electrons. The van der Waals surface area contributed by atoms with Crippen LogP contribution in [0.3, 0.4) is 0 Å². The van der Waals surface area contributed by atoms with Crippen LogP contribution in [0.2, 0.25) is 0 Å². The predicted octanol–water partition coefficient (Wildman–Crippen LogP) is -0.102. The minimum absolute atomic E-state index is 0.175. The van der Waals surface area contributed by atoms with Gasteiger partial charge in [0.15, 0.2) is 0 Å². The molecule has 1 aromatic carbocycles. The molecule has 0 saturated carbocycles. The molecule has 0 aliphatic rings. The molecule has 0 bridgehead atoms. The normalized spacial score (nSPS) is 10.0. The predicted molar refractivity (Wildman–Crippen MR) is 66.5 cm³/mol. The Hall–Kier alpha value is -2.83. The second kappa shape index (κ2) is 4.58. The van der Waals surface area contributed by atoms with Gasteiger partial charge in [0.1, 0.15) is 5.56 Å². The number of nitrogens with two attached hydrogens (primary N) is 1. The molecule has 0 atom stereocenters. The molecule has 2 rings (SSSR count). The molecule has 0 radical (unpaired) electrons. The third-order valence-corrected chi connectivity index (χ3v) is 2.23. The number of hydrogen-bond acceptors (Lipinski definition) is 4. The van der Waals surface area contributed by atoms with Gasteiger partial charge in [-0.1, -0.05) is 0 Å². The molecule has 1 heterocycles. The van der Waals surface area contributed by atoms with Crippen molar-refractivity contribution in [1.82, 2.24) is 9.97 Å². The molecular weight excluding hydrogens is 236 g/mol. The Morgan fingerprint density at radius 3 is 2.44 bits per heavy atom. The lowest BCUT2D eigenvalue weighted by atomic mass is 10.2. The average molecular weight is 246 g/mol. The molecule has 1 aromatic heterocycles. The molecule has 1 amide bonds. The first-order valence-electron chi connectivity index (χ1n) is 5.05. The lowest BCUT2D eigenvalue weighted by molar-refractivity contribution is 0.102. The summed E-state index contributed by atoms with van der Waals surface area (Å²) in [7, 11) is 0. The first kappa shape index (κ1) is 11.6. The summed E-state index contributed by atoms with van der Waals surface area (Å²) in [6, 6.07) is 6.44. The minimum Gasteiger partial charge on any atom is -0.399 e. The van der Waals surface area contributed by atoms with E-state index in [4.69, 9.17) is 5.73 Å². The van der Waals surface area contributed by atoms with Gasteiger partial charge >= 0.3 is 5.69 Å². The van der Waals surface area contributed by atoms with Crippen LogP contribution in [0.5, 0.6) is 0 Å². The van der Waals surface area contributed by atoms with Crippen LogP contribution in [-0.2, 0) is 0 Å². The van der Waals surface area contributed by atoms with Crippen molar-refractivity contribution in [3.05, 3.63) is 56.9 Å². The van der Waals surface area contributed by atoms with Crippen LogP contribution in [0.4, 0.5) is 11.4 Å². The van der Waals surface area contributed by atoms with E-state index in [1.807, 2.05) is 4.98 Å². The molecule has 0 saturated heterocycles. The highest BCUT2D eigenvalue weighted by Gasteiger charge is 2.10. The monoisotopic (exact) mass is 246 g/mol. The summed E-state index contributed by atoms with van der Waals surface area (Å²) in [6.07, 6.45) is 1.06. The van der Waals surface area contributed by atoms with Gasteiger partial charge in [0.2, 0.25) is 0 Å². The van der Waals surface area contributed by atoms with Gasteiger partial charge in [-0.15, -0.1) is 0 Å². The van der Waals surface area contributed by atoms with E-state index in [9.17, 15) is 14.4 Å². The smallest absolute Gasteiger partial charge is 0.325 e. The zero-order valence-electron chi connectivity index (χ0n) is 9.19. The minimum atomic E-state index is -0.744. The number of amides is 1. The van der Waals surface area contributed by atoms with Crippen LogP contribution in [0.1, 0.15) is 10.4 Å². The van der Waals surface area contributed by atoms with E-state index in [0.29, 0.717) is 11.4 Å². The Kier molecular flexibility index (Phi) is 2.96. The van der Waals surface area contributed by atoms with Gasteiger partial charge < -0.3 is 16.0 Å². The maximum Gasteiger partial charge on any atom is 0.325 e. The number of nitrogens with one attached hydrogen (secondary N) is 3. The number of carbonyl (C=O) groups is 1. The highest BCUT2D eigenvalue weighted by Crippen LogP contribution is 2.10. The van der Waals surface area contributed by atoms with E-state index in [-0.39, 0.29) is 5.56 Å². The fourth-order valence-corrected chi connectivity index (χ4v) is 1.34. The third-order valence-electron chi connectivity index (χ3n) is 2.23. The number of carbonyl (C=O) groups excluding carboxylic acids is 1. The molecule has 5 N–H and O–H groups in total. The lowest BCUT2D eigenvalue weighted by Crippen LogP contribution is -2.29. The highest BCUT2D eigenvalue weighted by atomic mass is 16.2. The summed E-state index contributed by atoms with van der Waals surface area (Å²) in [5.74, 6) is -0.614. The summed E-state index contributed by atoms with van der Waals surface area (Å²) < 4.78 is 0. The molecule has 0 fully saturated rings. The summed E-state index contributed by atoms with van der Waals surface area (Å²) in [4.78, 5) is 38.1. The fraction of sp³-hybridized carbons (Fsp3) is 0. The second-order valence-corrected chi connectivity index (χ2v) is 3.56. The average Bonchev–Trinajstić information content (AvgIpc) is 2.32. The Morgan fingerprint density at radius 1 is 1.17 bits per heavy atom. The number of anilines is 2. The maximum atomic E-state index is 11.7. The van der Waals surface area contributed by atoms with E-state index in [2.05, 4.69) is 10.3 Å². The standard InChI is InChI=1S/C11H10N4O3/c12-6-1-3-7(4-2-6)14-9(16)8-5-13-11(18)15-10(8)17/h1-5H,12H2,(H,14,16)(H2,13,15,17,18). The van der Waals surface area contributed by atoms with Crippen molar-refractivity contribution in [2.45, 2.75) is 0 Å². The maximum absolute atomic E-state index is 11.7. The van der Waals surface area contributed by atoms with Gasteiger partial charge in [-0.05, 0) is 24.3 Å². The summed E-state index contributed by atoms with van der Waals surface area (Å²) in [5.41, 5.74) is 4.99. The van der Waals surface area contributed by atoms with Crippen molar-refractivity contribution in [1.29, 1.82) is 0 Å². The van der Waals surface area contributed by atoms with Crippen molar-refractivity contribution in [2.24, 2.45) is 0 Å². The molecule has 2 aromatic rings. The Labute approximate surface area is 101 Å². The molecular formula is C11H10N4O3. The van der Waals surface area contributed by atoms with Crippen molar-refractivity contribution in [2.75, 3.05) is 11.1 Å². The van der Waals surface area contributed by atoms with E-state index in [1.165, 1.54) is 0 Å². The van der Waals surface area contributed by atoms with E-state index >= 15 is 0 Å². The van der Waals surface area contributed by atoms with Crippen molar-refractivity contribution in [3.63, 3.8) is 0 Å². The van der Waals surface area contributed by atoms with Crippen LogP contribution in [0.15, 0.2) is 40.1 Å². The first-order chi connectivity index (χ1) is 8.56. The Bertz CT molecular complexity index is 684. The van der Waals surface area contributed by atoms with E-state index < -0.39 is 17.2 Å². The zero-order valence-corrected chi connectivity index (χ0v) is 9.19. The summed E-state index contributed by atoms with van der Waals surface area (Å²) in [6.45, 7) is 0. The number of H-pyrrole nitrogens is 2. The Balaban J connectivity index is 2.24. The van der Waals surface area contributed by atoms with E-state index in [0.717, 1.165) is 6.20 Å².